The van der Waals surface area contributed by atoms with E-state index in [-0.39, 0.29) is 17.8 Å². The van der Waals surface area contributed by atoms with Gasteiger partial charge in [-0.1, -0.05) is 13.3 Å². The zero-order valence-electron chi connectivity index (χ0n) is 13.1. The lowest BCUT2D eigenvalue weighted by molar-refractivity contribution is -0.196. The Morgan fingerprint density at radius 3 is 3.22 bits per heavy atom. The molecule has 3 rings (SSSR count). The minimum atomic E-state index is -0.296. The Kier molecular flexibility index (Phi) is 4.88. The van der Waals surface area contributed by atoms with Crippen LogP contribution in [0.15, 0.2) is 18.2 Å². The van der Waals surface area contributed by atoms with Crippen molar-refractivity contribution in [1.82, 2.24) is 20.6 Å². The van der Waals surface area contributed by atoms with Crippen molar-refractivity contribution in [3.63, 3.8) is 0 Å². The molecule has 0 aliphatic carbocycles. The molecule has 1 saturated heterocycles. The number of aromatic nitrogens is 2. The smallest absolute Gasteiger partial charge is 0.325 e. The fourth-order valence-corrected chi connectivity index (χ4v) is 2.78. The molecule has 1 aliphatic rings. The van der Waals surface area contributed by atoms with E-state index in [1.54, 1.807) is 11.1 Å². The number of carbonyl (C=O) groups is 1. The van der Waals surface area contributed by atoms with E-state index >= 15 is 0 Å². The predicted molar refractivity (Wildman–Crippen MR) is 84.0 cm³/mol. The fourth-order valence-electron chi connectivity index (χ4n) is 2.78. The van der Waals surface area contributed by atoms with Crippen molar-refractivity contribution in [3.8, 4) is 0 Å². The Bertz CT molecular complexity index is 688. The molecule has 23 heavy (non-hydrogen) atoms. The number of hydroxylamine groups is 2. The number of halogens is 1. The van der Waals surface area contributed by atoms with Crippen LogP contribution in [-0.2, 0) is 9.63 Å². The number of hydrogen-bond donors (Lipinski definition) is 2. The number of piperazine rings is 1. The van der Waals surface area contributed by atoms with Gasteiger partial charge in [-0.05, 0) is 24.6 Å². The third kappa shape index (κ3) is 3.68. The van der Waals surface area contributed by atoms with E-state index in [1.165, 1.54) is 12.1 Å². The molecule has 1 aromatic heterocycles. The third-order valence-electron chi connectivity index (χ3n) is 3.99. The molecule has 0 amide bonds. The van der Waals surface area contributed by atoms with Gasteiger partial charge in [-0.2, -0.15) is 5.10 Å². The number of aromatic amines is 1. The van der Waals surface area contributed by atoms with E-state index in [9.17, 15) is 9.18 Å². The second-order valence-electron chi connectivity index (χ2n) is 5.76. The van der Waals surface area contributed by atoms with E-state index in [4.69, 9.17) is 4.84 Å². The van der Waals surface area contributed by atoms with Gasteiger partial charge in [0.15, 0.2) is 0 Å². The molecule has 0 bridgehead atoms. The Balaban J connectivity index is 1.69. The summed E-state index contributed by atoms with van der Waals surface area (Å²) in [5.41, 5.74) is 1.48. The van der Waals surface area contributed by atoms with E-state index in [0.29, 0.717) is 31.6 Å². The standard InChI is InChI=1S/C16H21FN4O2/c1-2-3-4-15(22)23-21-8-7-18-14(10-21)16-12-6-5-11(17)9-13(12)19-20-16/h5-6,9,14,18H,2-4,7-8,10H2,1H3,(H,19,20). The van der Waals surface area contributed by atoms with Crippen LogP contribution in [0, 0.1) is 5.82 Å². The molecule has 1 atom stereocenters. The van der Waals surface area contributed by atoms with Crippen LogP contribution < -0.4 is 5.32 Å². The largest absolute Gasteiger partial charge is 0.368 e. The number of unbranched alkanes of at least 4 members (excludes halogenated alkanes) is 1. The zero-order chi connectivity index (χ0) is 16.2. The van der Waals surface area contributed by atoms with E-state index < -0.39 is 0 Å². The number of hydrogen-bond acceptors (Lipinski definition) is 5. The Labute approximate surface area is 133 Å². The Morgan fingerprint density at radius 1 is 1.52 bits per heavy atom. The van der Waals surface area contributed by atoms with E-state index in [0.717, 1.165) is 23.9 Å². The summed E-state index contributed by atoms with van der Waals surface area (Å²) >= 11 is 0. The molecule has 0 spiro atoms. The van der Waals surface area contributed by atoms with Gasteiger partial charge < -0.3 is 10.2 Å². The number of benzene rings is 1. The number of H-pyrrole nitrogens is 1. The molecule has 1 fully saturated rings. The third-order valence-corrected chi connectivity index (χ3v) is 3.99. The Morgan fingerprint density at radius 2 is 2.39 bits per heavy atom. The minimum Gasteiger partial charge on any atom is -0.368 e. The highest BCUT2D eigenvalue weighted by molar-refractivity contribution is 5.81. The first kappa shape index (κ1) is 15.9. The number of nitrogens with one attached hydrogen (secondary N) is 2. The highest BCUT2D eigenvalue weighted by atomic mass is 19.1. The molecular formula is C16H21FN4O2. The monoisotopic (exact) mass is 320 g/mol. The molecule has 124 valence electrons. The van der Waals surface area contributed by atoms with Crippen LogP contribution in [0.25, 0.3) is 10.9 Å². The first-order valence-corrected chi connectivity index (χ1v) is 8.00. The molecule has 7 heteroatoms. The second-order valence-corrected chi connectivity index (χ2v) is 5.76. The molecule has 2 N–H and O–H groups in total. The molecule has 1 unspecified atom stereocenters. The molecule has 1 aliphatic heterocycles. The highest BCUT2D eigenvalue weighted by Crippen LogP contribution is 2.24. The van der Waals surface area contributed by atoms with Crippen LogP contribution in [0.1, 0.15) is 37.9 Å². The average Bonchev–Trinajstić information content (AvgIpc) is 2.96. The second kappa shape index (κ2) is 7.06. The lowest BCUT2D eigenvalue weighted by Crippen LogP contribution is -2.46. The highest BCUT2D eigenvalue weighted by Gasteiger charge is 2.26. The summed E-state index contributed by atoms with van der Waals surface area (Å²) in [6.07, 6.45) is 2.24. The summed E-state index contributed by atoms with van der Waals surface area (Å²) < 4.78 is 13.3. The maximum atomic E-state index is 13.3. The summed E-state index contributed by atoms with van der Waals surface area (Å²) in [5.74, 6) is -0.489. The van der Waals surface area contributed by atoms with Crippen molar-refractivity contribution >= 4 is 16.9 Å². The van der Waals surface area contributed by atoms with Crippen molar-refractivity contribution in [2.24, 2.45) is 0 Å². The topological polar surface area (TPSA) is 70.2 Å². The molecule has 6 nitrogen and oxygen atoms in total. The van der Waals surface area contributed by atoms with Gasteiger partial charge in [0.2, 0.25) is 0 Å². The van der Waals surface area contributed by atoms with Crippen LogP contribution >= 0.6 is 0 Å². The van der Waals surface area contributed by atoms with Crippen LogP contribution in [0.5, 0.6) is 0 Å². The lowest BCUT2D eigenvalue weighted by atomic mass is 10.1. The molecule has 1 aromatic carbocycles. The first-order chi connectivity index (χ1) is 11.2. The van der Waals surface area contributed by atoms with Crippen LogP contribution in [0.4, 0.5) is 4.39 Å². The van der Waals surface area contributed by atoms with Crippen molar-refractivity contribution in [1.29, 1.82) is 0 Å². The number of rotatable bonds is 5. The number of nitrogens with zero attached hydrogens (tertiary/aromatic N) is 2. The van der Waals surface area contributed by atoms with Gasteiger partial charge in [0.25, 0.3) is 0 Å². The van der Waals surface area contributed by atoms with Gasteiger partial charge in [0, 0.05) is 24.9 Å². The van der Waals surface area contributed by atoms with Crippen LogP contribution in [0.2, 0.25) is 0 Å². The SMILES string of the molecule is CCCCC(=O)ON1CCNC(c2n[nH]c3cc(F)ccc23)C1. The van der Waals surface area contributed by atoms with Crippen LogP contribution in [0.3, 0.4) is 0 Å². The zero-order valence-corrected chi connectivity index (χ0v) is 13.1. The normalized spacial score (nSPS) is 19.1. The molecule has 2 heterocycles. The molecular weight excluding hydrogens is 299 g/mol. The molecule has 0 radical (unpaired) electrons. The fraction of sp³-hybridized carbons (Fsp3) is 0.500. The van der Waals surface area contributed by atoms with Gasteiger partial charge in [-0.3, -0.25) is 9.89 Å². The minimum absolute atomic E-state index is 0.0677. The number of fused-ring (bicyclic) bond motifs is 1. The van der Waals surface area contributed by atoms with E-state index in [2.05, 4.69) is 15.5 Å². The summed E-state index contributed by atoms with van der Waals surface area (Å²) in [5, 5.41) is 13.1. The van der Waals surface area contributed by atoms with Gasteiger partial charge >= 0.3 is 5.97 Å². The predicted octanol–water partition coefficient (Wildman–Crippen LogP) is 2.30. The quantitative estimate of drug-likeness (QED) is 0.884. The molecule has 2 aromatic rings. The average molecular weight is 320 g/mol. The van der Waals surface area contributed by atoms with E-state index in [1.807, 2.05) is 6.92 Å². The van der Waals surface area contributed by atoms with Gasteiger partial charge in [0.1, 0.15) is 5.82 Å². The lowest BCUT2D eigenvalue weighted by Gasteiger charge is -2.31. The summed E-state index contributed by atoms with van der Waals surface area (Å²) in [7, 11) is 0. The van der Waals surface area contributed by atoms with Crippen molar-refractivity contribution in [3.05, 3.63) is 29.7 Å². The van der Waals surface area contributed by atoms with Crippen molar-refractivity contribution in [2.75, 3.05) is 19.6 Å². The van der Waals surface area contributed by atoms with Crippen molar-refractivity contribution in [2.45, 2.75) is 32.2 Å². The van der Waals surface area contributed by atoms with Gasteiger partial charge in [0.05, 0.1) is 23.8 Å². The van der Waals surface area contributed by atoms with Gasteiger partial charge in [-0.25, -0.2) is 4.39 Å². The molecule has 0 saturated carbocycles. The summed E-state index contributed by atoms with van der Waals surface area (Å²) in [4.78, 5) is 17.2. The summed E-state index contributed by atoms with van der Waals surface area (Å²) in [6, 6.07) is 4.50. The summed E-state index contributed by atoms with van der Waals surface area (Å²) in [6.45, 7) is 3.90. The first-order valence-electron chi connectivity index (χ1n) is 8.00. The van der Waals surface area contributed by atoms with Gasteiger partial charge in [-0.15, -0.1) is 5.06 Å². The number of carbonyl (C=O) groups excluding carboxylic acids is 1. The maximum Gasteiger partial charge on any atom is 0.325 e. The van der Waals surface area contributed by atoms with Crippen molar-refractivity contribution < 1.29 is 14.0 Å². The van der Waals surface area contributed by atoms with Crippen LogP contribution in [-0.4, -0.2) is 40.9 Å². The Hall–Kier alpha value is -1.99. The maximum absolute atomic E-state index is 13.3.